The van der Waals surface area contributed by atoms with E-state index < -0.39 is 20.4 Å². The first kappa shape index (κ1) is 26.4. The summed E-state index contributed by atoms with van der Waals surface area (Å²) in [4.78, 5) is 24.7. The van der Waals surface area contributed by atoms with Crippen molar-refractivity contribution in [2.24, 2.45) is 5.41 Å². The van der Waals surface area contributed by atoms with Gasteiger partial charge in [0.25, 0.3) is 0 Å². The van der Waals surface area contributed by atoms with Crippen LogP contribution in [0.5, 0.6) is 5.75 Å². The highest BCUT2D eigenvalue weighted by atomic mass is 79.9. The Morgan fingerprint density at radius 2 is 1.72 bits per heavy atom. The number of halogens is 1. The lowest BCUT2D eigenvalue weighted by Gasteiger charge is -2.36. The molecule has 7 nitrogen and oxygen atoms in total. The van der Waals surface area contributed by atoms with Crippen molar-refractivity contribution in [3.8, 4) is 5.75 Å². The van der Waals surface area contributed by atoms with Crippen molar-refractivity contribution >= 4 is 47.2 Å². The standard InChI is InChI=1S/C23H34BrNO6Si/c1-22(2,3)14-30-20(26)19-18(24)16-10-9-15(13-17(16)25(19)21(27)28)29-11-12-31-32(7,8)23(4,5)6/h9-10,13H,11-12,14H2,1-8H3,(H,27,28). The highest BCUT2D eigenvalue weighted by Crippen LogP contribution is 2.37. The van der Waals surface area contributed by atoms with E-state index in [1.165, 1.54) is 0 Å². The summed E-state index contributed by atoms with van der Waals surface area (Å²) in [6.07, 6.45) is -1.28. The van der Waals surface area contributed by atoms with Gasteiger partial charge < -0.3 is 19.0 Å². The van der Waals surface area contributed by atoms with Crippen LogP contribution in [-0.2, 0) is 9.16 Å². The quantitative estimate of drug-likeness (QED) is 0.250. The molecule has 9 heteroatoms. The molecule has 178 valence electrons. The van der Waals surface area contributed by atoms with Crippen molar-refractivity contribution in [2.45, 2.75) is 59.7 Å². The minimum Gasteiger partial charge on any atom is -0.491 e. The van der Waals surface area contributed by atoms with E-state index in [0.29, 0.717) is 34.3 Å². The average molecular weight is 529 g/mol. The molecule has 0 saturated heterocycles. The number of carboxylic acid groups (broad SMARTS) is 1. The van der Waals surface area contributed by atoms with Crippen molar-refractivity contribution in [2.75, 3.05) is 19.8 Å². The monoisotopic (exact) mass is 527 g/mol. The smallest absolute Gasteiger partial charge is 0.416 e. The summed E-state index contributed by atoms with van der Waals surface area (Å²) in [5, 5.41) is 10.5. The number of nitrogens with zero attached hydrogens (tertiary/aromatic N) is 1. The molecule has 0 atom stereocenters. The number of rotatable bonds is 7. The first-order chi connectivity index (χ1) is 14.5. The first-order valence-corrected chi connectivity index (χ1v) is 14.3. The highest BCUT2D eigenvalue weighted by Gasteiger charge is 2.37. The van der Waals surface area contributed by atoms with Gasteiger partial charge in [-0.15, -0.1) is 0 Å². The number of esters is 1. The molecule has 1 aromatic carbocycles. The molecular weight excluding hydrogens is 494 g/mol. The third kappa shape index (κ3) is 6.14. The summed E-state index contributed by atoms with van der Waals surface area (Å²) in [6, 6.07) is 5.08. The van der Waals surface area contributed by atoms with E-state index in [0.717, 1.165) is 4.57 Å². The predicted octanol–water partition coefficient (Wildman–Crippen LogP) is 6.53. The van der Waals surface area contributed by atoms with Gasteiger partial charge in [0.15, 0.2) is 14.0 Å². The molecule has 0 fully saturated rings. The SMILES string of the molecule is CC(C)(C)COC(=O)c1c(Br)c2ccc(OCCO[Si](C)(C)C(C)(C)C)cc2n1C(=O)O. The van der Waals surface area contributed by atoms with Gasteiger partial charge in [-0.3, -0.25) is 0 Å². The van der Waals surface area contributed by atoms with E-state index in [2.05, 4.69) is 49.8 Å². The Hall–Kier alpha value is -1.84. The van der Waals surface area contributed by atoms with E-state index >= 15 is 0 Å². The fourth-order valence-corrected chi connectivity index (χ4v) is 4.42. The van der Waals surface area contributed by atoms with E-state index in [4.69, 9.17) is 13.9 Å². The van der Waals surface area contributed by atoms with Gasteiger partial charge in [-0.2, -0.15) is 0 Å². The number of aromatic nitrogens is 1. The number of ether oxygens (including phenoxy) is 2. The molecular formula is C23H34BrNO6Si. The molecule has 0 radical (unpaired) electrons. The van der Waals surface area contributed by atoms with Crippen LogP contribution < -0.4 is 4.74 Å². The number of hydrogen-bond donors (Lipinski definition) is 1. The molecule has 0 spiro atoms. The number of fused-ring (bicyclic) bond motifs is 1. The third-order valence-corrected chi connectivity index (χ3v) is 10.9. The van der Waals surface area contributed by atoms with Crippen molar-refractivity contribution in [1.29, 1.82) is 0 Å². The van der Waals surface area contributed by atoms with Crippen LogP contribution in [0.3, 0.4) is 0 Å². The summed E-state index contributed by atoms with van der Waals surface area (Å²) in [5.74, 6) is -0.200. The van der Waals surface area contributed by atoms with Gasteiger partial charge in [-0.1, -0.05) is 41.5 Å². The van der Waals surface area contributed by atoms with Gasteiger partial charge in [-0.05, 0) is 51.6 Å². The maximum Gasteiger partial charge on any atom is 0.416 e. The van der Waals surface area contributed by atoms with Crippen molar-refractivity contribution < 1.29 is 28.6 Å². The van der Waals surface area contributed by atoms with Crippen molar-refractivity contribution in [3.63, 3.8) is 0 Å². The van der Waals surface area contributed by atoms with Crippen LogP contribution in [-0.4, -0.2) is 49.9 Å². The minimum absolute atomic E-state index is 0.0600. The van der Waals surface area contributed by atoms with Gasteiger partial charge in [0, 0.05) is 11.5 Å². The van der Waals surface area contributed by atoms with Gasteiger partial charge in [0.05, 0.1) is 23.2 Å². The second kappa shape index (κ2) is 9.57. The van der Waals surface area contributed by atoms with Gasteiger partial charge >= 0.3 is 12.1 Å². The maximum absolute atomic E-state index is 12.7. The largest absolute Gasteiger partial charge is 0.491 e. The molecule has 2 aromatic rings. The van der Waals surface area contributed by atoms with E-state index in [-0.39, 0.29) is 22.8 Å². The summed E-state index contributed by atoms with van der Waals surface area (Å²) in [7, 11) is -1.87. The zero-order valence-corrected chi connectivity index (χ0v) is 22.8. The lowest BCUT2D eigenvalue weighted by atomic mass is 9.99. The second-order valence-electron chi connectivity index (χ2n) is 10.6. The molecule has 0 aliphatic heterocycles. The molecule has 0 amide bonds. The summed E-state index contributed by atoms with van der Waals surface area (Å²) < 4.78 is 18.6. The van der Waals surface area contributed by atoms with Crippen LogP contribution >= 0.6 is 15.9 Å². The fourth-order valence-electron chi connectivity index (χ4n) is 2.72. The second-order valence-corrected chi connectivity index (χ2v) is 16.2. The Labute approximate surface area is 199 Å². The van der Waals surface area contributed by atoms with Crippen LogP contribution in [0.25, 0.3) is 10.9 Å². The van der Waals surface area contributed by atoms with E-state index in [9.17, 15) is 14.7 Å². The Morgan fingerprint density at radius 1 is 1.09 bits per heavy atom. The van der Waals surface area contributed by atoms with Crippen LogP contribution in [0.2, 0.25) is 18.1 Å². The normalized spacial score (nSPS) is 12.8. The number of hydrogen-bond acceptors (Lipinski definition) is 5. The number of benzene rings is 1. The zero-order chi connectivity index (χ0) is 24.5. The molecule has 1 N–H and O–H groups in total. The predicted molar refractivity (Wildman–Crippen MR) is 131 cm³/mol. The molecule has 0 aliphatic carbocycles. The van der Waals surface area contributed by atoms with Crippen LogP contribution in [0, 0.1) is 5.41 Å². The molecule has 32 heavy (non-hydrogen) atoms. The highest BCUT2D eigenvalue weighted by molar-refractivity contribution is 9.10. The molecule has 0 bridgehead atoms. The maximum atomic E-state index is 12.7. The third-order valence-electron chi connectivity index (χ3n) is 5.52. The minimum atomic E-state index is -1.87. The Balaban J connectivity index is 2.25. The molecule has 0 unspecified atom stereocenters. The van der Waals surface area contributed by atoms with Gasteiger partial charge in [0.2, 0.25) is 0 Å². The van der Waals surface area contributed by atoms with E-state index in [1.54, 1.807) is 18.2 Å². The van der Waals surface area contributed by atoms with E-state index in [1.807, 2.05) is 20.8 Å². The first-order valence-electron chi connectivity index (χ1n) is 10.6. The summed E-state index contributed by atoms with van der Waals surface area (Å²) in [6.45, 7) is 17.6. The molecule has 0 saturated carbocycles. The lowest BCUT2D eigenvalue weighted by Crippen LogP contribution is -2.41. The average Bonchev–Trinajstić information content (AvgIpc) is 2.94. The fraction of sp³-hybridized carbons (Fsp3) is 0.565. The Morgan fingerprint density at radius 3 is 2.25 bits per heavy atom. The molecule has 1 aromatic heterocycles. The van der Waals surface area contributed by atoms with Gasteiger partial charge in [-0.25, -0.2) is 14.2 Å². The topological polar surface area (TPSA) is 87.0 Å². The van der Waals surface area contributed by atoms with Gasteiger partial charge in [0.1, 0.15) is 12.4 Å². The number of carbonyl (C=O) groups is 2. The molecule has 0 aliphatic rings. The summed E-state index contributed by atoms with van der Waals surface area (Å²) in [5.41, 5.74) is 0.0421. The van der Waals surface area contributed by atoms with Crippen molar-refractivity contribution in [1.82, 2.24) is 4.57 Å². The summed E-state index contributed by atoms with van der Waals surface area (Å²) >= 11 is 3.38. The molecule has 2 rings (SSSR count). The van der Waals surface area contributed by atoms with Crippen LogP contribution in [0.15, 0.2) is 22.7 Å². The Bertz CT molecular complexity index is 1000. The van der Waals surface area contributed by atoms with Crippen LogP contribution in [0.1, 0.15) is 52.0 Å². The van der Waals surface area contributed by atoms with Crippen LogP contribution in [0.4, 0.5) is 4.79 Å². The zero-order valence-electron chi connectivity index (χ0n) is 20.2. The Kier molecular flexibility index (Phi) is 7.90. The number of carbonyl (C=O) groups excluding carboxylic acids is 1. The lowest BCUT2D eigenvalue weighted by molar-refractivity contribution is 0.0354. The van der Waals surface area contributed by atoms with Crippen molar-refractivity contribution in [3.05, 3.63) is 28.4 Å². The molecule has 1 heterocycles.